The van der Waals surface area contributed by atoms with E-state index in [1.807, 2.05) is 51.8 Å². The number of amides is 1. The summed E-state index contributed by atoms with van der Waals surface area (Å²) in [6, 6.07) is 5.76. The van der Waals surface area contributed by atoms with Crippen LogP contribution in [0.15, 0.2) is 36.9 Å². The highest BCUT2D eigenvalue weighted by Crippen LogP contribution is 2.18. The number of nitrogens with zero attached hydrogens (tertiary/aromatic N) is 5. The second kappa shape index (κ2) is 5.53. The smallest absolute Gasteiger partial charge is 0.253 e. The molecular weight excluding hydrogens is 290 g/mol. The Morgan fingerprint density at radius 1 is 1.26 bits per heavy atom. The number of aryl methyl sites for hydroxylation is 1. The summed E-state index contributed by atoms with van der Waals surface area (Å²) in [7, 11) is 1.97. The Bertz CT molecular complexity index is 857. The summed E-state index contributed by atoms with van der Waals surface area (Å²) < 4.78 is 3.88. The molecule has 3 heterocycles. The maximum Gasteiger partial charge on any atom is 0.253 e. The van der Waals surface area contributed by atoms with Crippen molar-refractivity contribution < 1.29 is 4.79 Å². The van der Waals surface area contributed by atoms with Gasteiger partial charge in [-0.15, -0.1) is 0 Å². The highest BCUT2D eigenvalue weighted by molar-refractivity contribution is 5.98. The van der Waals surface area contributed by atoms with Gasteiger partial charge >= 0.3 is 0 Å². The molecule has 0 radical (unpaired) electrons. The van der Waals surface area contributed by atoms with E-state index in [1.165, 1.54) is 0 Å². The van der Waals surface area contributed by atoms with E-state index in [2.05, 4.69) is 10.1 Å². The highest BCUT2D eigenvalue weighted by atomic mass is 16.2. The molecule has 1 fully saturated rings. The Labute approximate surface area is 134 Å². The molecule has 0 unspecified atom stereocenters. The van der Waals surface area contributed by atoms with Gasteiger partial charge < -0.3 is 9.47 Å². The minimum atomic E-state index is 0.129. The van der Waals surface area contributed by atoms with Gasteiger partial charge in [0.15, 0.2) is 0 Å². The highest BCUT2D eigenvalue weighted by Gasteiger charge is 2.19. The average molecular weight is 309 g/mol. The first-order valence-corrected chi connectivity index (χ1v) is 7.92. The van der Waals surface area contributed by atoms with Crippen LogP contribution < -0.4 is 0 Å². The molecule has 0 bridgehead atoms. The van der Waals surface area contributed by atoms with E-state index in [0.717, 1.165) is 48.1 Å². The van der Waals surface area contributed by atoms with Gasteiger partial charge in [0.2, 0.25) is 0 Å². The fourth-order valence-corrected chi connectivity index (χ4v) is 3.10. The largest absolute Gasteiger partial charge is 0.339 e. The van der Waals surface area contributed by atoms with Gasteiger partial charge in [0.05, 0.1) is 30.3 Å². The SMILES string of the molecule is Cn1cncc1Cn1cc2cc(C(=O)N3CCCC3)ccc2n1. The molecule has 1 aliphatic rings. The standard InChI is InChI=1S/C17H19N5O/c1-20-12-18-9-15(20)11-22-10-14-8-13(4-5-16(14)19-22)17(23)21-6-2-3-7-21/h4-5,8-10,12H,2-3,6-7,11H2,1H3. The number of aromatic nitrogens is 4. The minimum absolute atomic E-state index is 0.129. The van der Waals surface area contributed by atoms with Crippen LogP contribution in [-0.4, -0.2) is 43.2 Å². The molecule has 0 saturated carbocycles. The van der Waals surface area contributed by atoms with Crippen LogP contribution >= 0.6 is 0 Å². The predicted molar refractivity (Wildman–Crippen MR) is 87.2 cm³/mol. The molecule has 6 heteroatoms. The van der Waals surface area contributed by atoms with Crippen molar-refractivity contribution in [2.45, 2.75) is 19.4 Å². The molecule has 0 N–H and O–H groups in total. The molecule has 23 heavy (non-hydrogen) atoms. The lowest BCUT2D eigenvalue weighted by Crippen LogP contribution is -2.27. The van der Waals surface area contributed by atoms with Crippen LogP contribution in [0, 0.1) is 0 Å². The number of fused-ring (bicyclic) bond motifs is 1. The monoisotopic (exact) mass is 309 g/mol. The molecular formula is C17H19N5O. The summed E-state index contributed by atoms with van der Waals surface area (Å²) >= 11 is 0. The lowest BCUT2D eigenvalue weighted by atomic mass is 10.1. The molecule has 1 saturated heterocycles. The quantitative estimate of drug-likeness (QED) is 0.744. The van der Waals surface area contributed by atoms with Crippen molar-refractivity contribution in [1.29, 1.82) is 0 Å². The molecule has 0 atom stereocenters. The van der Waals surface area contributed by atoms with Gasteiger partial charge in [-0.2, -0.15) is 5.10 Å². The van der Waals surface area contributed by atoms with Gasteiger partial charge in [0.1, 0.15) is 0 Å². The summed E-state index contributed by atoms with van der Waals surface area (Å²) in [4.78, 5) is 18.5. The third-order valence-corrected chi connectivity index (χ3v) is 4.43. The number of hydrogen-bond donors (Lipinski definition) is 0. The summed E-state index contributed by atoms with van der Waals surface area (Å²) in [5, 5.41) is 5.57. The van der Waals surface area contributed by atoms with E-state index in [1.54, 1.807) is 6.33 Å². The van der Waals surface area contributed by atoms with Crippen molar-refractivity contribution in [2.75, 3.05) is 13.1 Å². The summed E-state index contributed by atoms with van der Waals surface area (Å²) in [5.74, 6) is 0.129. The zero-order chi connectivity index (χ0) is 15.8. The Hall–Kier alpha value is -2.63. The van der Waals surface area contributed by atoms with E-state index in [9.17, 15) is 4.79 Å². The Morgan fingerprint density at radius 2 is 2.09 bits per heavy atom. The van der Waals surface area contributed by atoms with Crippen molar-refractivity contribution in [2.24, 2.45) is 7.05 Å². The second-order valence-electron chi connectivity index (χ2n) is 6.10. The number of rotatable bonds is 3. The van der Waals surface area contributed by atoms with E-state index < -0.39 is 0 Å². The van der Waals surface area contributed by atoms with Gasteiger partial charge in [-0.1, -0.05) is 0 Å². The van der Waals surface area contributed by atoms with Crippen LogP contribution in [0.4, 0.5) is 0 Å². The number of likely N-dealkylation sites (tertiary alicyclic amines) is 1. The summed E-state index contributed by atoms with van der Waals surface area (Å²) in [5.41, 5.74) is 2.75. The van der Waals surface area contributed by atoms with Crippen LogP contribution in [-0.2, 0) is 13.6 Å². The molecule has 1 aromatic carbocycles. The van der Waals surface area contributed by atoms with E-state index in [4.69, 9.17) is 0 Å². The molecule has 4 rings (SSSR count). The van der Waals surface area contributed by atoms with Crippen LogP contribution in [0.25, 0.3) is 10.9 Å². The van der Waals surface area contributed by atoms with Gasteiger partial charge in [0, 0.05) is 37.3 Å². The molecule has 1 amide bonds. The van der Waals surface area contributed by atoms with E-state index in [0.29, 0.717) is 6.54 Å². The molecule has 0 aliphatic carbocycles. The van der Waals surface area contributed by atoms with Gasteiger partial charge in [0.25, 0.3) is 5.91 Å². The maximum atomic E-state index is 12.5. The molecule has 1 aliphatic heterocycles. The first-order valence-electron chi connectivity index (χ1n) is 7.92. The molecule has 6 nitrogen and oxygen atoms in total. The third kappa shape index (κ3) is 2.60. The molecule has 0 spiro atoms. The Morgan fingerprint density at radius 3 is 2.83 bits per heavy atom. The first kappa shape index (κ1) is 14.0. The first-order chi connectivity index (χ1) is 11.2. The number of imidazole rings is 1. The lowest BCUT2D eigenvalue weighted by molar-refractivity contribution is 0.0793. The van der Waals surface area contributed by atoms with Gasteiger partial charge in [-0.25, -0.2) is 4.98 Å². The van der Waals surface area contributed by atoms with Crippen molar-refractivity contribution in [3.63, 3.8) is 0 Å². The number of carbonyl (C=O) groups is 1. The molecule has 3 aromatic rings. The second-order valence-corrected chi connectivity index (χ2v) is 6.10. The lowest BCUT2D eigenvalue weighted by Gasteiger charge is -2.14. The Balaban J connectivity index is 1.61. The fraction of sp³-hybridized carbons (Fsp3) is 0.353. The van der Waals surface area contributed by atoms with Crippen molar-refractivity contribution >= 4 is 16.8 Å². The van der Waals surface area contributed by atoms with Gasteiger partial charge in [-0.3, -0.25) is 9.48 Å². The zero-order valence-electron chi connectivity index (χ0n) is 13.1. The average Bonchev–Trinajstić information content (AvgIpc) is 3.27. The zero-order valence-corrected chi connectivity index (χ0v) is 13.1. The normalized spacial score (nSPS) is 14.7. The molecule has 2 aromatic heterocycles. The summed E-state index contributed by atoms with van der Waals surface area (Å²) in [6.07, 6.45) is 7.83. The maximum absolute atomic E-state index is 12.5. The van der Waals surface area contributed by atoms with Crippen LogP contribution in [0.5, 0.6) is 0 Å². The van der Waals surface area contributed by atoms with E-state index in [-0.39, 0.29) is 5.91 Å². The van der Waals surface area contributed by atoms with Gasteiger partial charge in [-0.05, 0) is 31.0 Å². The fourth-order valence-electron chi connectivity index (χ4n) is 3.10. The number of benzene rings is 1. The number of carbonyl (C=O) groups excluding carboxylic acids is 1. The van der Waals surface area contributed by atoms with Crippen molar-refractivity contribution in [1.82, 2.24) is 24.2 Å². The van der Waals surface area contributed by atoms with Crippen LogP contribution in [0.3, 0.4) is 0 Å². The van der Waals surface area contributed by atoms with E-state index >= 15 is 0 Å². The van der Waals surface area contributed by atoms with Crippen LogP contribution in [0.1, 0.15) is 28.9 Å². The topological polar surface area (TPSA) is 56.0 Å². The molecule has 118 valence electrons. The third-order valence-electron chi connectivity index (χ3n) is 4.43. The summed E-state index contributed by atoms with van der Waals surface area (Å²) in [6.45, 7) is 2.41. The number of hydrogen-bond acceptors (Lipinski definition) is 3. The Kier molecular flexibility index (Phi) is 3.37. The van der Waals surface area contributed by atoms with Crippen molar-refractivity contribution in [3.8, 4) is 0 Å². The van der Waals surface area contributed by atoms with Crippen molar-refractivity contribution in [3.05, 3.63) is 48.2 Å². The van der Waals surface area contributed by atoms with Crippen LogP contribution in [0.2, 0.25) is 0 Å². The minimum Gasteiger partial charge on any atom is -0.339 e. The predicted octanol–water partition coefficient (Wildman–Crippen LogP) is 2.05.